The van der Waals surface area contributed by atoms with Crippen molar-refractivity contribution in [3.05, 3.63) is 5.89 Å². The zero-order valence-corrected chi connectivity index (χ0v) is 14.5. The lowest BCUT2D eigenvalue weighted by Crippen LogP contribution is -2.37. The Morgan fingerprint density at radius 1 is 1.22 bits per heavy atom. The van der Waals surface area contributed by atoms with Crippen LogP contribution in [0.15, 0.2) is 9.64 Å². The van der Waals surface area contributed by atoms with Crippen LogP contribution in [0.25, 0.3) is 0 Å². The molecule has 3 rings (SSSR count). The summed E-state index contributed by atoms with van der Waals surface area (Å²) in [5, 5.41) is 11.2. The summed E-state index contributed by atoms with van der Waals surface area (Å²) < 4.78 is 28.5. The molecule has 1 N–H and O–H groups in total. The first kappa shape index (κ1) is 16.8. The number of aromatic nitrogens is 2. The first-order valence-corrected chi connectivity index (χ1v) is 10.8. The number of carbonyl (C=O) groups excluding carboxylic acids is 1. The van der Waals surface area contributed by atoms with Crippen molar-refractivity contribution in [1.29, 1.82) is 0 Å². The van der Waals surface area contributed by atoms with Crippen LogP contribution in [0.3, 0.4) is 0 Å². The summed E-state index contributed by atoms with van der Waals surface area (Å²) in [7, 11) is -2.98. The monoisotopic (exact) mass is 359 g/mol. The minimum absolute atomic E-state index is 0.0231. The molecule has 0 spiro atoms. The van der Waals surface area contributed by atoms with E-state index in [9.17, 15) is 13.2 Å². The van der Waals surface area contributed by atoms with Gasteiger partial charge in [-0.3, -0.25) is 4.79 Å². The third-order valence-electron chi connectivity index (χ3n) is 4.30. The molecule has 1 saturated heterocycles. The zero-order chi connectivity index (χ0) is 16.3. The Labute approximate surface area is 139 Å². The van der Waals surface area contributed by atoms with Crippen LogP contribution in [0.1, 0.15) is 50.3 Å². The molecule has 1 aliphatic carbocycles. The Hall–Kier alpha value is -1.09. The molecular formula is C14H21N3O4S2. The topological polar surface area (TPSA) is 102 Å². The van der Waals surface area contributed by atoms with Gasteiger partial charge in [-0.05, 0) is 19.3 Å². The minimum atomic E-state index is -2.98. The van der Waals surface area contributed by atoms with Gasteiger partial charge < -0.3 is 9.73 Å². The van der Waals surface area contributed by atoms with Gasteiger partial charge in [-0.1, -0.05) is 31.0 Å². The Bertz CT molecular complexity index is 653. The summed E-state index contributed by atoms with van der Waals surface area (Å²) in [5.41, 5.74) is 0. The van der Waals surface area contributed by atoms with E-state index in [4.69, 9.17) is 4.42 Å². The fourth-order valence-electron chi connectivity index (χ4n) is 3.08. The first-order chi connectivity index (χ1) is 11.0. The molecule has 1 aromatic heterocycles. The van der Waals surface area contributed by atoms with Crippen molar-refractivity contribution in [2.75, 3.05) is 17.3 Å². The fourth-order valence-corrected chi connectivity index (χ4v) is 5.39. The summed E-state index contributed by atoms with van der Waals surface area (Å²) in [6.45, 7) is 0. The van der Waals surface area contributed by atoms with Gasteiger partial charge in [-0.25, -0.2) is 8.42 Å². The lowest BCUT2D eigenvalue weighted by molar-refractivity contribution is -0.119. The van der Waals surface area contributed by atoms with Crippen molar-refractivity contribution >= 4 is 27.5 Å². The lowest BCUT2D eigenvalue weighted by atomic mass is 9.95. The van der Waals surface area contributed by atoms with Gasteiger partial charge in [0.1, 0.15) is 0 Å². The average Bonchev–Trinajstić information content (AvgIpc) is 3.12. The van der Waals surface area contributed by atoms with E-state index in [2.05, 4.69) is 15.5 Å². The van der Waals surface area contributed by atoms with Gasteiger partial charge in [0.15, 0.2) is 9.84 Å². The Kier molecular flexibility index (Phi) is 5.25. The molecule has 1 aromatic rings. The molecule has 23 heavy (non-hydrogen) atoms. The molecule has 0 aromatic carbocycles. The van der Waals surface area contributed by atoms with Crippen molar-refractivity contribution in [2.24, 2.45) is 0 Å². The summed E-state index contributed by atoms with van der Waals surface area (Å²) in [4.78, 5) is 11.9. The number of sulfone groups is 1. The van der Waals surface area contributed by atoms with Crippen LogP contribution in [0.4, 0.5) is 0 Å². The highest BCUT2D eigenvalue weighted by Crippen LogP contribution is 2.29. The van der Waals surface area contributed by atoms with Crippen molar-refractivity contribution in [3.63, 3.8) is 0 Å². The number of hydrogen-bond donors (Lipinski definition) is 1. The highest BCUT2D eigenvalue weighted by molar-refractivity contribution is 7.99. The molecule has 1 saturated carbocycles. The number of rotatable bonds is 5. The molecule has 0 bridgehead atoms. The summed E-state index contributed by atoms with van der Waals surface area (Å²) in [5.74, 6) is 0.610. The van der Waals surface area contributed by atoms with Crippen molar-refractivity contribution in [1.82, 2.24) is 15.5 Å². The third kappa shape index (κ3) is 4.69. The molecular weight excluding hydrogens is 338 g/mol. The van der Waals surface area contributed by atoms with Gasteiger partial charge in [0.2, 0.25) is 11.8 Å². The van der Waals surface area contributed by atoms with E-state index in [0.29, 0.717) is 23.6 Å². The van der Waals surface area contributed by atoms with Crippen LogP contribution in [0, 0.1) is 0 Å². The van der Waals surface area contributed by atoms with E-state index in [1.54, 1.807) is 0 Å². The summed E-state index contributed by atoms with van der Waals surface area (Å²) in [6.07, 6.45) is 6.24. The Morgan fingerprint density at radius 2 is 2.00 bits per heavy atom. The number of nitrogens with zero attached hydrogens (tertiary/aromatic N) is 2. The molecule has 2 heterocycles. The molecule has 2 aliphatic rings. The molecule has 1 amide bonds. The molecule has 128 valence electrons. The van der Waals surface area contributed by atoms with E-state index in [1.807, 2.05) is 0 Å². The van der Waals surface area contributed by atoms with Crippen LogP contribution in [-0.4, -0.2) is 47.8 Å². The van der Waals surface area contributed by atoms with Crippen LogP contribution in [0.5, 0.6) is 0 Å². The Balaban J connectivity index is 1.46. The van der Waals surface area contributed by atoms with Gasteiger partial charge in [-0.2, -0.15) is 0 Å². The summed E-state index contributed by atoms with van der Waals surface area (Å²) in [6, 6.07) is 0.291. The second kappa shape index (κ2) is 7.21. The standard InChI is InChI=1S/C14H21N3O4S2/c18-12(15-11-4-2-1-3-5-11)8-22-14-17-16-13(21-14)10-6-7-23(19,20)9-10/h10-11H,1-9H2,(H,15,18)/t10-/m1/s1. The molecule has 9 heteroatoms. The maximum absolute atomic E-state index is 11.9. The highest BCUT2D eigenvalue weighted by atomic mass is 32.2. The Morgan fingerprint density at radius 3 is 2.70 bits per heavy atom. The highest BCUT2D eigenvalue weighted by Gasteiger charge is 2.32. The van der Waals surface area contributed by atoms with E-state index in [1.165, 1.54) is 31.0 Å². The largest absolute Gasteiger partial charge is 0.416 e. The number of amides is 1. The third-order valence-corrected chi connectivity index (χ3v) is 6.89. The maximum atomic E-state index is 11.9. The zero-order valence-electron chi connectivity index (χ0n) is 12.9. The van der Waals surface area contributed by atoms with Crippen LogP contribution < -0.4 is 5.32 Å². The number of carbonyl (C=O) groups is 1. The second-order valence-corrected chi connectivity index (χ2v) is 9.35. The molecule has 2 fully saturated rings. The van der Waals surface area contributed by atoms with Crippen molar-refractivity contribution in [2.45, 2.75) is 55.7 Å². The smallest absolute Gasteiger partial charge is 0.277 e. The van der Waals surface area contributed by atoms with Gasteiger partial charge in [0.05, 0.1) is 23.2 Å². The number of thioether (sulfide) groups is 1. The maximum Gasteiger partial charge on any atom is 0.277 e. The van der Waals surface area contributed by atoms with E-state index in [-0.39, 0.29) is 29.1 Å². The van der Waals surface area contributed by atoms with Gasteiger partial charge in [-0.15, -0.1) is 10.2 Å². The lowest BCUT2D eigenvalue weighted by Gasteiger charge is -2.22. The number of hydrogen-bond acceptors (Lipinski definition) is 7. The van der Waals surface area contributed by atoms with Gasteiger partial charge in [0, 0.05) is 6.04 Å². The van der Waals surface area contributed by atoms with E-state index >= 15 is 0 Å². The molecule has 1 atom stereocenters. The number of nitrogens with one attached hydrogen (secondary N) is 1. The molecule has 0 radical (unpaired) electrons. The first-order valence-electron chi connectivity index (χ1n) is 7.98. The normalized spacial score (nSPS) is 24.6. The molecule has 7 nitrogen and oxygen atoms in total. The van der Waals surface area contributed by atoms with E-state index < -0.39 is 9.84 Å². The predicted octanol–water partition coefficient (Wildman–Crippen LogP) is 1.51. The fraction of sp³-hybridized carbons (Fsp3) is 0.786. The average molecular weight is 359 g/mol. The quantitative estimate of drug-likeness (QED) is 0.795. The van der Waals surface area contributed by atoms with Crippen molar-refractivity contribution in [3.8, 4) is 0 Å². The molecule has 0 unspecified atom stereocenters. The van der Waals surface area contributed by atoms with Crippen molar-refractivity contribution < 1.29 is 17.6 Å². The summed E-state index contributed by atoms with van der Waals surface area (Å²) >= 11 is 1.19. The minimum Gasteiger partial charge on any atom is -0.416 e. The predicted molar refractivity (Wildman–Crippen MR) is 86.0 cm³/mol. The van der Waals surface area contributed by atoms with Crippen LogP contribution in [-0.2, 0) is 14.6 Å². The molecule has 1 aliphatic heterocycles. The SMILES string of the molecule is O=C(CSc1nnc([C@@H]2CCS(=O)(=O)C2)o1)NC1CCCCC1. The van der Waals surface area contributed by atoms with Gasteiger partial charge >= 0.3 is 0 Å². The van der Waals surface area contributed by atoms with Crippen LogP contribution in [0.2, 0.25) is 0 Å². The van der Waals surface area contributed by atoms with Crippen LogP contribution >= 0.6 is 11.8 Å². The van der Waals surface area contributed by atoms with E-state index in [0.717, 1.165) is 12.8 Å². The van der Waals surface area contributed by atoms with Gasteiger partial charge in [0.25, 0.3) is 5.22 Å². The second-order valence-electron chi connectivity index (χ2n) is 6.20.